The molecule has 1 heterocycles. The van der Waals surface area contributed by atoms with Crippen molar-refractivity contribution in [3.05, 3.63) is 23.8 Å². The van der Waals surface area contributed by atoms with Gasteiger partial charge in [0, 0.05) is 37.2 Å². The monoisotopic (exact) mass is 275 g/mol. The smallest absolute Gasteiger partial charge is 0.229 e. The number of nitrogens with one attached hydrogen (secondary N) is 1. The van der Waals surface area contributed by atoms with E-state index in [-0.39, 0.29) is 43.5 Å². The minimum absolute atomic E-state index is 0.0890. The van der Waals surface area contributed by atoms with Gasteiger partial charge in [-0.1, -0.05) is 6.07 Å². The minimum atomic E-state index is -0.244. The lowest BCUT2D eigenvalue weighted by Gasteiger charge is -2.14. The van der Waals surface area contributed by atoms with Gasteiger partial charge in [0.2, 0.25) is 17.7 Å². The van der Waals surface area contributed by atoms with Crippen molar-refractivity contribution in [3.63, 3.8) is 0 Å². The number of nitrogens with two attached hydrogens (primary N) is 1. The van der Waals surface area contributed by atoms with Gasteiger partial charge in [0.25, 0.3) is 0 Å². The summed E-state index contributed by atoms with van der Waals surface area (Å²) in [5.74, 6) is -0.655. The second-order valence-electron chi connectivity index (χ2n) is 4.81. The number of aryl methyl sites for hydroxylation is 1. The van der Waals surface area contributed by atoms with Crippen LogP contribution in [0.25, 0.3) is 0 Å². The maximum absolute atomic E-state index is 11.8. The Morgan fingerprint density at radius 1 is 1.30 bits per heavy atom. The highest BCUT2D eigenvalue weighted by Gasteiger charge is 2.28. The predicted octanol–water partition coefficient (Wildman–Crippen LogP) is 1.05. The summed E-state index contributed by atoms with van der Waals surface area (Å²) >= 11 is 0. The molecule has 1 fully saturated rings. The van der Waals surface area contributed by atoms with Gasteiger partial charge in [0.1, 0.15) is 0 Å². The number of carbonyl (C=O) groups is 3. The lowest BCUT2D eigenvalue weighted by Crippen LogP contribution is -2.32. The SMILES string of the molecule is Cc1ccc(N)cc1NC(=O)CCN1C(=O)CCC1=O. The van der Waals surface area contributed by atoms with E-state index in [2.05, 4.69) is 5.32 Å². The van der Waals surface area contributed by atoms with Gasteiger partial charge in [-0.05, 0) is 24.6 Å². The molecular weight excluding hydrogens is 258 g/mol. The van der Waals surface area contributed by atoms with Crippen LogP contribution >= 0.6 is 0 Å². The summed E-state index contributed by atoms with van der Waals surface area (Å²) in [5.41, 5.74) is 7.78. The molecule has 1 aromatic carbocycles. The third-order valence-corrected chi connectivity index (χ3v) is 3.25. The van der Waals surface area contributed by atoms with Crippen molar-refractivity contribution >= 4 is 29.1 Å². The second kappa shape index (κ2) is 5.73. The van der Waals surface area contributed by atoms with E-state index < -0.39 is 0 Å². The Hall–Kier alpha value is -2.37. The second-order valence-corrected chi connectivity index (χ2v) is 4.81. The number of hydrogen-bond acceptors (Lipinski definition) is 4. The van der Waals surface area contributed by atoms with Crippen molar-refractivity contribution in [1.29, 1.82) is 0 Å². The number of anilines is 2. The first-order chi connectivity index (χ1) is 9.47. The van der Waals surface area contributed by atoms with Crippen molar-refractivity contribution in [1.82, 2.24) is 4.90 Å². The molecule has 1 aliphatic heterocycles. The van der Waals surface area contributed by atoms with E-state index >= 15 is 0 Å². The zero-order valence-electron chi connectivity index (χ0n) is 11.3. The summed E-state index contributed by atoms with van der Waals surface area (Å²) in [6.07, 6.45) is 0.579. The van der Waals surface area contributed by atoms with Crippen LogP contribution in [0.4, 0.5) is 11.4 Å². The largest absolute Gasteiger partial charge is 0.399 e. The number of likely N-dealkylation sites (tertiary alicyclic amines) is 1. The van der Waals surface area contributed by atoms with Crippen LogP contribution in [-0.4, -0.2) is 29.2 Å². The summed E-state index contributed by atoms with van der Waals surface area (Å²) in [5, 5.41) is 2.74. The molecule has 6 nitrogen and oxygen atoms in total. The van der Waals surface area contributed by atoms with Crippen LogP contribution in [0.3, 0.4) is 0 Å². The molecule has 1 saturated heterocycles. The Morgan fingerprint density at radius 2 is 1.95 bits per heavy atom. The maximum atomic E-state index is 11.8. The summed E-state index contributed by atoms with van der Waals surface area (Å²) in [4.78, 5) is 35.8. The lowest BCUT2D eigenvalue weighted by atomic mass is 10.2. The molecule has 1 aliphatic rings. The predicted molar refractivity (Wildman–Crippen MR) is 74.8 cm³/mol. The van der Waals surface area contributed by atoms with Gasteiger partial charge in [0.05, 0.1) is 0 Å². The Balaban J connectivity index is 1.91. The Bertz CT molecular complexity index is 553. The molecule has 1 aromatic rings. The first kappa shape index (κ1) is 14.0. The quantitative estimate of drug-likeness (QED) is 0.634. The van der Waals surface area contributed by atoms with Gasteiger partial charge in [-0.15, -0.1) is 0 Å². The number of rotatable bonds is 4. The Morgan fingerprint density at radius 3 is 2.60 bits per heavy atom. The fourth-order valence-corrected chi connectivity index (χ4v) is 2.07. The molecule has 0 aliphatic carbocycles. The molecule has 0 atom stereocenters. The number of nitrogens with zero attached hydrogens (tertiary/aromatic N) is 1. The van der Waals surface area contributed by atoms with Crippen molar-refractivity contribution in [3.8, 4) is 0 Å². The number of nitrogen functional groups attached to an aromatic ring is 1. The van der Waals surface area contributed by atoms with Crippen LogP contribution in [0.2, 0.25) is 0 Å². The number of carbonyl (C=O) groups excluding carboxylic acids is 3. The van der Waals surface area contributed by atoms with E-state index in [1.807, 2.05) is 13.0 Å². The fraction of sp³-hybridized carbons (Fsp3) is 0.357. The topological polar surface area (TPSA) is 92.5 Å². The fourth-order valence-electron chi connectivity index (χ4n) is 2.07. The molecule has 106 valence electrons. The summed E-state index contributed by atoms with van der Waals surface area (Å²) in [6, 6.07) is 5.25. The van der Waals surface area contributed by atoms with Crippen LogP contribution in [0.5, 0.6) is 0 Å². The highest BCUT2D eigenvalue weighted by molar-refractivity contribution is 6.02. The van der Waals surface area contributed by atoms with Crippen LogP contribution < -0.4 is 11.1 Å². The highest BCUT2D eigenvalue weighted by Crippen LogP contribution is 2.18. The standard InChI is InChI=1S/C14H17N3O3/c1-9-2-3-10(15)8-11(9)16-12(18)6-7-17-13(19)4-5-14(17)20/h2-3,8H,4-7,15H2,1H3,(H,16,18). The molecule has 0 aromatic heterocycles. The van der Waals surface area contributed by atoms with Crippen molar-refractivity contribution in [2.75, 3.05) is 17.6 Å². The van der Waals surface area contributed by atoms with Gasteiger partial charge in [-0.3, -0.25) is 19.3 Å². The minimum Gasteiger partial charge on any atom is -0.399 e. The third kappa shape index (κ3) is 3.14. The van der Waals surface area contributed by atoms with Gasteiger partial charge in [-0.2, -0.15) is 0 Å². The van der Waals surface area contributed by atoms with E-state index in [9.17, 15) is 14.4 Å². The first-order valence-corrected chi connectivity index (χ1v) is 6.46. The van der Waals surface area contributed by atoms with E-state index in [4.69, 9.17) is 5.73 Å². The van der Waals surface area contributed by atoms with Gasteiger partial charge in [-0.25, -0.2) is 0 Å². The van der Waals surface area contributed by atoms with Crippen LogP contribution in [0, 0.1) is 6.92 Å². The Labute approximate surface area is 116 Å². The van der Waals surface area contributed by atoms with Crippen LogP contribution in [0.15, 0.2) is 18.2 Å². The summed E-state index contributed by atoms with van der Waals surface area (Å²) in [6.45, 7) is 1.99. The van der Waals surface area contributed by atoms with Crippen LogP contribution in [0.1, 0.15) is 24.8 Å². The number of benzene rings is 1. The third-order valence-electron chi connectivity index (χ3n) is 3.25. The molecule has 6 heteroatoms. The Kier molecular flexibility index (Phi) is 4.02. The molecule has 3 N–H and O–H groups in total. The average molecular weight is 275 g/mol. The molecule has 0 unspecified atom stereocenters. The zero-order valence-corrected chi connectivity index (χ0v) is 11.3. The molecule has 20 heavy (non-hydrogen) atoms. The molecule has 0 bridgehead atoms. The normalized spacial score (nSPS) is 14.8. The number of amides is 3. The number of imide groups is 1. The van der Waals surface area contributed by atoms with Crippen LogP contribution in [-0.2, 0) is 14.4 Å². The molecular formula is C14H17N3O3. The highest BCUT2D eigenvalue weighted by atomic mass is 16.2. The lowest BCUT2D eigenvalue weighted by molar-refractivity contribution is -0.138. The van der Waals surface area contributed by atoms with Crippen molar-refractivity contribution in [2.24, 2.45) is 0 Å². The van der Waals surface area contributed by atoms with Gasteiger partial charge in [0.15, 0.2) is 0 Å². The summed E-state index contributed by atoms with van der Waals surface area (Å²) in [7, 11) is 0. The molecule has 0 radical (unpaired) electrons. The molecule has 2 rings (SSSR count). The first-order valence-electron chi connectivity index (χ1n) is 6.46. The molecule has 0 spiro atoms. The summed E-state index contributed by atoms with van der Waals surface area (Å²) < 4.78 is 0. The molecule has 3 amide bonds. The molecule has 0 saturated carbocycles. The van der Waals surface area contributed by atoms with Gasteiger partial charge < -0.3 is 11.1 Å². The zero-order chi connectivity index (χ0) is 14.7. The van der Waals surface area contributed by atoms with E-state index in [1.165, 1.54) is 0 Å². The van der Waals surface area contributed by atoms with E-state index in [0.717, 1.165) is 10.5 Å². The van der Waals surface area contributed by atoms with Crippen molar-refractivity contribution in [2.45, 2.75) is 26.2 Å². The van der Waals surface area contributed by atoms with Crippen molar-refractivity contribution < 1.29 is 14.4 Å². The van der Waals surface area contributed by atoms with E-state index in [1.54, 1.807) is 12.1 Å². The number of hydrogen-bond donors (Lipinski definition) is 2. The van der Waals surface area contributed by atoms with E-state index in [0.29, 0.717) is 11.4 Å². The van der Waals surface area contributed by atoms with Gasteiger partial charge >= 0.3 is 0 Å². The maximum Gasteiger partial charge on any atom is 0.229 e. The average Bonchev–Trinajstić information content (AvgIpc) is 2.71.